The van der Waals surface area contributed by atoms with Crippen LogP contribution in [0.25, 0.3) is 0 Å². The van der Waals surface area contributed by atoms with Crippen LogP contribution in [-0.4, -0.2) is 28.5 Å². The highest BCUT2D eigenvalue weighted by Gasteiger charge is 2.22. The van der Waals surface area contributed by atoms with Gasteiger partial charge in [-0.25, -0.2) is 4.98 Å². The predicted molar refractivity (Wildman–Crippen MR) is 77.8 cm³/mol. The number of thiazole rings is 1. The van der Waals surface area contributed by atoms with Crippen molar-refractivity contribution in [2.75, 3.05) is 7.05 Å². The molecule has 102 valence electrons. The molecule has 1 aliphatic rings. The summed E-state index contributed by atoms with van der Waals surface area (Å²) in [5.41, 5.74) is 1.38. The summed E-state index contributed by atoms with van der Waals surface area (Å²) in [6, 6.07) is 0.794. The molecule has 0 bridgehead atoms. The van der Waals surface area contributed by atoms with E-state index in [2.05, 4.69) is 43.4 Å². The lowest BCUT2D eigenvalue weighted by atomic mass is 9.92. The predicted octanol–water partition coefficient (Wildman–Crippen LogP) is 3.02. The highest BCUT2D eigenvalue weighted by atomic mass is 32.1. The van der Waals surface area contributed by atoms with E-state index in [1.54, 1.807) is 11.3 Å². The molecule has 0 amide bonds. The molecule has 3 nitrogen and oxygen atoms in total. The quantitative estimate of drug-likeness (QED) is 0.889. The Hall–Kier alpha value is -0.450. The molecular formula is C14H25N3S. The van der Waals surface area contributed by atoms with Gasteiger partial charge in [0.25, 0.3) is 0 Å². The van der Waals surface area contributed by atoms with Crippen molar-refractivity contribution in [2.45, 2.75) is 64.7 Å². The molecule has 4 heteroatoms. The van der Waals surface area contributed by atoms with E-state index < -0.39 is 0 Å². The van der Waals surface area contributed by atoms with Gasteiger partial charge in [-0.1, -0.05) is 6.42 Å². The lowest BCUT2D eigenvalue weighted by molar-refractivity contribution is 0.151. The summed E-state index contributed by atoms with van der Waals surface area (Å²) in [5, 5.41) is 6.88. The number of rotatable bonds is 5. The number of aromatic nitrogens is 1. The fourth-order valence-corrected chi connectivity index (χ4v) is 2.78. The molecular weight excluding hydrogens is 242 g/mol. The van der Waals surface area contributed by atoms with Gasteiger partial charge in [-0.05, 0) is 40.7 Å². The second kappa shape index (κ2) is 5.68. The minimum Gasteiger partial charge on any atom is -0.306 e. The van der Waals surface area contributed by atoms with Crippen LogP contribution in [0.5, 0.6) is 0 Å². The van der Waals surface area contributed by atoms with Gasteiger partial charge < -0.3 is 5.32 Å². The molecule has 2 rings (SSSR count). The molecule has 0 atom stereocenters. The largest absolute Gasteiger partial charge is 0.306 e. The van der Waals surface area contributed by atoms with E-state index in [9.17, 15) is 0 Å². The van der Waals surface area contributed by atoms with E-state index in [0.29, 0.717) is 0 Å². The van der Waals surface area contributed by atoms with E-state index in [0.717, 1.165) is 19.1 Å². The normalized spacial score (nSPS) is 17.2. The van der Waals surface area contributed by atoms with Crippen molar-refractivity contribution >= 4 is 11.3 Å². The first-order chi connectivity index (χ1) is 8.44. The minimum atomic E-state index is 0.161. The minimum absolute atomic E-state index is 0.161. The zero-order valence-corrected chi connectivity index (χ0v) is 12.8. The average Bonchev–Trinajstić information content (AvgIpc) is 2.58. The van der Waals surface area contributed by atoms with Crippen molar-refractivity contribution in [1.29, 1.82) is 0 Å². The third kappa shape index (κ3) is 4.04. The van der Waals surface area contributed by atoms with Gasteiger partial charge in [0.15, 0.2) is 0 Å². The molecule has 0 aromatic carbocycles. The fourth-order valence-electron chi connectivity index (χ4n) is 2.06. The Morgan fingerprint density at radius 1 is 1.44 bits per heavy atom. The van der Waals surface area contributed by atoms with Crippen LogP contribution in [0.2, 0.25) is 0 Å². The van der Waals surface area contributed by atoms with Crippen molar-refractivity contribution in [2.24, 2.45) is 0 Å². The molecule has 1 aromatic heterocycles. The standard InChI is InChI=1S/C14H25N3S/c1-14(2,3)15-8-13-16-11(10-18-13)9-17(4)12-6-5-7-12/h10,12,15H,5-9H2,1-4H3. The van der Waals surface area contributed by atoms with Crippen molar-refractivity contribution in [3.63, 3.8) is 0 Å². The highest BCUT2D eigenvalue weighted by molar-refractivity contribution is 7.09. The zero-order valence-electron chi connectivity index (χ0n) is 12.0. The summed E-state index contributed by atoms with van der Waals surface area (Å²) in [5.74, 6) is 0. The second-order valence-electron chi connectivity index (χ2n) is 6.34. The van der Waals surface area contributed by atoms with Crippen molar-refractivity contribution in [1.82, 2.24) is 15.2 Å². The number of nitrogens with zero attached hydrogens (tertiary/aromatic N) is 2. The molecule has 1 saturated carbocycles. The average molecular weight is 267 g/mol. The number of nitrogens with one attached hydrogen (secondary N) is 1. The summed E-state index contributed by atoms with van der Waals surface area (Å²) in [6.07, 6.45) is 4.12. The summed E-state index contributed by atoms with van der Waals surface area (Å²) in [6.45, 7) is 8.43. The maximum Gasteiger partial charge on any atom is 0.107 e. The molecule has 1 fully saturated rings. The third-order valence-electron chi connectivity index (χ3n) is 3.48. The summed E-state index contributed by atoms with van der Waals surface area (Å²) < 4.78 is 0. The van der Waals surface area contributed by atoms with Gasteiger partial charge in [-0.3, -0.25) is 4.90 Å². The van der Waals surface area contributed by atoms with Gasteiger partial charge in [0.2, 0.25) is 0 Å². The summed E-state index contributed by atoms with van der Waals surface area (Å²) >= 11 is 1.77. The van der Waals surface area contributed by atoms with Crippen molar-refractivity contribution < 1.29 is 0 Å². The lowest BCUT2D eigenvalue weighted by Crippen LogP contribution is -2.36. The Kier molecular flexibility index (Phi) is 4.41. The fraction of sp³-hybridized carbons (Fsp3) is 0.786. The molecule has 1 aromatic rings. The van der Waals surface area contributed by atoms with E-state index in [4.69, 9.17) is 4.98 Å². The Labute approximate surface area is 115 Å². The molecule has 0 unspecified atom stereocenters. The van der Waals surface area contributed by atoms with Gasteiger partial charge >= 0.3 is 0 Å². The van der Waals surface area contributed by atoms with Gasteiger partial charge in [-0.15, -0.1) is 11.3 Å². The molecule has 0 spiro atoms. The first-order valence-corrected chi connectivity index (χ1v) is 7.70. The van der Waals surface area contributed by atoms with Crippen LogP contribution < -0.4 is 5.32 Å². The number of hydrogen-bond donors (Lipinski definition) is 1. The Morgan fingerprint density at radius 3 is 2.72 bits per heavy atom. The Bertz CT molecular complexity index is 377. The molecule has 1 heterocycles. The molecule has 18 heavy (non-hydrogen) atoms. The SMILES string of the molecule is CN(Cc1csc(CNC(C)(C)C)n1)C1CCC1. The number of hydrogen-bond acceptors (Lipinski definition) is 4. The van der Waals surface area contributed by atoms with Crippen molar-refractivity contribution in [3.8, 4) is 0 Å². The van der Waals surface area contributed by atoms with E-state index in [-0.39, 0.29) is 5.54 Å². The van der Waals surface area contributed by atoms with Crippen LogP contribution in [0.15, 0.2) is 5.38 Å². The topological polar surface area (TPSA) is 28.2 Å². The molecule has 0 saturated heterocycles. The van der Waals surface area contributed by atoms with E-state index in [1.807, 2.05) is 0 Å². The Morgan fingerprint density at radius 2 is 2.17 bits per heavy atom. The first-order valence-electron chi connectivity index (χ1n) is 6.82. The maximum atomic E-state index is 4.71. The monoisotopic (exact) mass is 267 g/mol. The van der Waals surface area contributed by atoms with Crippen LogP contribution in [0.4, 0.5) is 0 Å². The van der Waals surface area contributed by atoms with Gasteiger partial charge in [0.05, 0.1) is 5.69 Å². The maximum absolute atomic E-state index is 4.71. The van der Waals surface area contributed by atoms with E-state index in [1.165, 1.54) is 30.0 Å². The van der Waals surface area contributed by atoms with Crippen LogP contribution in [0.3, 0.4) is 0 Å². The first kappa shape index (κ1) is 14.0. The lowest BCUT2D eigenvalue weighted by Gasteiger charge is -2.34. The van der Waals surface area contributed by atoms with Gasteiger partial charge in [0.1, 0.15) is 5.01 Å². The third-order valence-corrected chi connectivity index (χ3v) is 4.38. The smallest absolute Gasteiger partial charge is 0.107 e. The Balaban J connectivity index is 1.82. The molecule has 0 aliphatic heterocycles. The molecule has 1 aliphatic carbocycles. The highest BCUT2D eigenvalue weighted by Crippen LogP contribution is 2.25. The summed E-state index contributed by atoms with van der Waals surface area (Å²) in [7, 11) is 2.22. The van der Waals surface area contributed by atoms with Crippen LogP contribution in [0.1, 0.15) is 50.7 Å². The molecule has 0 radical (unpaired) electrons. The van der Waals surface area contributed by atoms with E-state index >= 15 is 0 Å². The van der Waals surface area contributed by atoms with Crippen molar-refractivity contribution in [3.05, 3.63) is 16.1 Å². The molecule has 1 N–H and O–H groups in total. The van der Waals surface area contributed by atoms with Gasteiger partial charge in [-0.2, -0.15) is 0 Å². The zero-order chi connectivity index (χ0) is 13.2. The van der Waals surface area contributed by atoms with Crippen LogP contribution in [0, 0.1) is 0 Å². The van der Waals surface area contributed by atoms with Gasteiger partial charge in [0, 0.05) is 30.1 Å². The summed E-state index contributed by atoms with van der Waals surface area (Å²) in [4.78, 5) is 7.15. The van der Waals surface area contributed by atoms with Crippen LogP contribution in [-0.2, 0) is 13.1 Å². The second-order valence-corrected chi connectivity index (χ2v) is 7.28. The van der Waals surface area contributed by atoms with Crippen LogP contribution >= 0.6 is 11.3 Å².